The van der Waals surface area contributed by atoms with Crippen LogP contribution in [0.25, 0.3) is 22.0 Å². The molecule has 7 rings (SSSR count). The van der Waals surface area contributed by atoms with E-state index in [2.05, 4.69) is 20.3 Å². The van der Waals surface area contributed by atoms with E-state index in [0.29, 0.717) is 79.4 Å². The van der Waals surface area contributed by atoms with Gasteiger partial charge in [-0.15, -0.1) is 5.10 Å². The van der Waals surface area contributed by atoms with Gasteiger partial charge in [0.25, 0.3) is 11.8 Å². The Morgan fingerprint density at radius 1 is 1.00 bits per heavy atom. The van der Waals surface area contributed by atoms with Gasteiger partial charge in [-0.25, -0.2) is 22.5 Å². The number of piperazine rings is 1. The number of carbonyl (C=O) groups is 2. The Bertz CT molecular complexity index is 1980. The number of pyridine rings is 1. The number of nitrogens with zero attached hydrogens (tertiary/aromatic N) is 7. The quantitative estimate of drug-likeness (QED) is 0.249. The van der Waals surface area contributed by atoms with Crippen molar-refractivity contribution in [3.8, 4) is 5.75 Å². The molecule has 1 fully saturated rings. The van der Waals surface area contributed by atoms with Gasteiger partial charge in [-0.05, 0) is 41.7 Å². The molecule has 5 heterocycles. The number of amides is 2. The lowest BCUT2D eigenvalue weighted by atomic mass is 9.87. The van der Waals surface area contributed by atoms with Gasteiger partial charge in [0, 0.05) is 81.7 Å². The van der Waals surface area contributed by atoms with Crippen LogP contribution in [0.1, 0.15) is 53.7 Å². The number of carbonyl (C=O) groups excluding carboxylic acids is 2. The van der Waals surface area contributed by atoms with Crippen LogP contribution >= 0.6 is 0 Å². The van der Waals surface area contributed by atoms with E-state index >= 15 is 4.39 Å². The summed E-state index contributed by atoms with van der Waals surface area (Å²) in [6, 6.07) is 4.53. The number of rotatable bonds is 8. The van der Waals surface area contributed by atoms with E-state index in [-0.39, 0.29) is 54.4 Å². The molecule has 0 bridgehead atoms. The van der Waals surface area contributed by atoms with E-state index in [4.69, 9.17) is 4.74 Å². The Labute approximate surface area is 285 Å². The minimum absolute atomic E-state index is 0.0937. The van der Waals surface area contributed by atoms with Gasteiger partial charge < -0.3 is 24.4 Å². The first-order chi connectivity index (χ1) is 24.1. The number of nitrogens with one attached hydrogen (secondary N) is 1. The Morgan fingerprint density at radius 2 is 1.82 bits per heavy atom. The van der Waals surface area contributed by atoms with E-state index < -0.39 is 24.0 Å². The summed E-state index contributed by atoms with van der Waals surface area (Å²) < 4.78 is 65.5. The minimum Gasteiger partial charge on any atom is -0.493 e. The zero-order valence-corrected chi connectivity index (χ0v) is 27.5. The number of ether oxygens (including phenoxy) is 1. The molecule has 0 saturated carbocycles. The van der Waals surface area contributed by atoms with E-state index in [1.807, 2.05) is 11.0 Å². The minimum atomic E-state index is -2.82. The number of fused-ring (bicyclic) bond motifs is 1. The first kappa shape index (κ1) is 33.3. The maximum absolute atomic E-state index is 16.5. The van der Waals surface area contributed by atoms with Crippen molar-refractivity contribution in [1.82, 2.24) is 34.8 Å². The van der Waals surface area contributed by atoms with Crippen LogP contribution in [0.15, 0.2) is 48.9 Å². The Kier molecular flexibility index (Phi) is 9.05. The van der Waals surface area contributed by atoms with Crippen LogP contribution in [0.4, 0.5) is 23.4 Å². The molecule has 15 heteroatoms. The number of hydrogen-bond donors (Lipinski definition) is 1. The molecule has 4 aromatic rings. The number of alkyl halides is 2. The van der Waals surface area contributed by atoms with Gasteiger partial charge >= 0.3 is 0 Å². The number of allylic oxidation sites excluding steroid dienone is 2. The summed E-state index contributed by atoms with van der Waals surface area (Å²) >= 11 is 0. The Hall–Kier alpha value is -5.21. The van der Waals surface area contributed by atoms with E-state index in [9.17, 15) is 22.8 Å². The average Bonchev–Trinajstić information content (AvgIpc) is 3.82. The van der Waals surface area contributed by atoms with Crippen molar-refractivity contribution in [3.05, 3.63) is 77.4 Å². The molecule has 3 aliphatic rings. The summed E-state index contributed by atoms with van der Waals surface area (Å²) in [7, 11) is 1.44. The van der Waals surface area contributed by atoms with Crippen molar-refractivity contribution in [2.45, 2.75) is 44.6 Å². The van der Waals surface area contributed by atoms with Gasteiger partial charge in [0.1, 0.15) is 11.5 Å². The number of benzene rings is 1. The normalized spacial score (nSPS) is 17.9. The summed E-state index contributed by atoms with van der Waals surface area (Å²) in [5.74, 6) is -3.59. The van der Waals surface area contributed by atoms with Crippen LogP contribution in [-0.2, 0) is 11.3 Å². The number of aromatic amines is 1. The number of halogens is 4. The molecule has 1 aromatic carbocycles. The Morgan fingerprint density at radius 3 is 2.54 bits per heavy atom. The van der Waals surface area contributed by atoms with Crippen molar-refractivity contribution in [3.63, 3.8) is 0 Å². The van der Waals surface area contributed by atoms with Crippen LogP contribution < -0.4 is 9.64 Å². The number of aromatic nitrogens is 5. The van der Waals surface area contributed by atoms with E-state index in [1.165, 1.54) is 25.4 Å². The highest BCUT2D eigenvalue weighted by Crippen LogP contribution is 2.41. The summed E-state index contributed by atoms with van der Waals surface area (Å²) in [6.45, 7) is 2.50. The topological polar surface area (TPSA) is 112 Å². The first-order valence-electron chi connectivity index (χ1n) is 16.6. The third-order valence-electron chi connectivity index (χ3n) is 9.60. The van der Waals surface area contributed by atoms with Gasteiger partial charge in [0.15, 0.2) is 17.4 Å². The molecule has 2 aliphatic heterocycles. The lowest BCUT2D eigenvalue weighted by Gasteiger charge is -2.35. The van der Waals surface area contributed by atoms with Crippen molar-refractivity contribution >= 4 is 39.7 Å². The van der Waals surface area contributed by atoms with Crippen molar-refractivity contribution < 1.29 is 31.9 Å². The van der Waals surface area contributed by atoms with Gasteiger partial charge in [-0.3, -0.25) is 14.3 Å². The SMILES string of the molecule is COc1cc(F)cnc1N1CCN(C(=O)c2cc3c(C4=CCC(F)(F)CC4)cc(C4=CCCN(C(=O)CCn5ccnn5)C4)c(F)c3[nH]2)CC1. The zero-order valence-electron chi connectivity index (χ0n) is 27.5. The second kappa shape index (κ2) is 13.6. The summed E-state index contributed by atoms with van der Waals surface area (Å²) in [6.07, 6.45) is 7.78. The molecule has 1 aliphatic carbocycles. The summed E-state index contributed by atoms with van der Waals surface area (Å²) in [5.41, 5.74) is 2.38. The summed E-state index contributed by atoms with van der Waals surface area (Å²) in [4.78, 5) is 39.3. The molecule has 0 spiro atoms. The van der Waals surface area contributed by atoms with Crippen LogP contribution in [0, 0.1) is 11.6 Å². The highest BCUT2D eigenvalue weighted by atomic mass is 19.3. The fourth-order valence-corrected chi connectivity index (χ4v) is 6.88. The van der Waals surface area contributed by atoms with Gasteiger partial charge in [-0.2, -0.15) is 0 Å². The van der Waals surface area contributed by atoms with Crippen molar-refractivity contribution in [2.75, 3.05) is 51.3 Å². The van der Waals surface area contributed by atoms with Crippen molar-refractivity contribution in [1.29, 1.82) is 0 Å². The second-order valence-corrected chi connectivity index (χ2v) is 12.8. The lowest BCUT2D eigenvalue weighted by molar-refractivity contribution is -0.131. The number of anilines is 1. The predicted octanol–water partition coefficient (Wildman–Crippen LogP) is 5.31. The molecule has 2 amide bonds. The van der Waals surface area contributed by atoms with Crippen LogP contribution in [-0.4, -0.2) is 98.9 Å². The van der Waals surface area contributed by atoms with E-state index in [1.54, 1.807) is 32.8 Å². The molecule has 0 radical (unpaired) electrons. The number of methoxy groups -OCH3 is 1. The van der Waals surface area contributed by atoms with Crippen LogP contribution in [0.5, 0.6) is 5.75 Å². The highest BCUT2D eigenvalue weighted by Gasteiger charge is 2.33. The van der Waals surface area contributed by atoms with E-state index in [0.717, 1.165) is 6.20 Å². The molecular weight excluding hydrogens is 656 g/mol. The third kappa shape index (κ3) is 6.68. The maximum Gasteiger partial charge on any atom is 0.270 e. The molecule has 50 heavy (non-hydrogen) atoms. The van der Waals surface area contributed by atoms with Gasteiger partial charge in [-0.1, -0.05) is 17.4 Å². The Balaban J connectivity index is 1.16. The highest BCUT2D eigenvalue weighted by molar-refractivity contribution is 6.03. The molecule has 0 unspecified atom stereocenters. The molecule has 11 nitrogen and oxygen atoms in total. The maximum atomic E-state index is 16.5. The lowest BCUT2D eigenvalue weighted by Crippen LogP contribution is -2.49. The largest absolute Gasteiger partial charge is 0.493 e. The fourth-order valence-electron chi connectivity index (χ4n) is 6.88. The molecular formula is C35H36F4N8O3. The predicted molar refractivity (Wildman–Crippen MR) is 178 cm³/mol. The zero-order chi connectivity index (χ0) is 35.0. The summed E-state index contributed by atoms with van der Waals surface area (Å²) in [5, 5.41) is 8.09. The third-order valence-corrected chi connectivity index (χ3v) is 9.60. The molecule has 1 N–H and O–H groups in total. The van der Waals surface area contributed by atoms with Gasteiger partial charge in [0.2, 0.25) is 5.91 Å². The number of hydrogen-bond acceptors (Lipinski definition) is 7. The number of H-pyrrole nitrogens is 1. The van der Waals surface area contributed by atoms with Crippen LogP contribution in [0.2, 0.25) is 0 Å². The first-order valence-corrected chi connectivity index (χ1v) is 16.6. The molecule has 262 valence electrons. The molecule has 0 atom stereocenters. The number of aryl methyl sites for hydroxylation is 1. The smallest absolute Gasteiger partial charge is 0.270 e. The standard InChI is InChI=1S/C35H36F4N8O3/c1-50-29-17-24(36)20-40-33(29)44-13-15-45(16-14-44)34(49)28-19-27-25(22-4-7-35(38,39)8-5-22)18-26(31(37)32(27)42-28)23-3-2-10-46(21-23)30(48)6-11-47-12-9-41-43-47/h3-4,9,12,17-20,42H,2,5-8,10-11,13-16,21H2,1H3. The average molecular weight is 693 g/mol. The van der Waals surface area contributed by atoms with Crippen molar-refractivity contribution in [2.24, 2.45) is 0 Å². The van der Waals surface area contributed by atoms with Gasteiger partial charge in [0.05, 0.1) is 31.6 Å². The monoisotopic (exact) mass is 692 g/mol. The van der Waals surface area contributed by atoms with Crippen LogP contribution in [0.3, 0.4) is 0 Å². The molecule has 1 saturated heterocycles. The fraction of sp³-hybridized carbons (Fsp3) is 0.400. The second-order valence-electron chi connectivity index (χ2n) is 12.8. The molecule has 3 aromatic heterocycles.